The van der Waals surface area contributed by atoms with Gasteiger partial charge in [-0.1, -0.05) is 30.3 Å². The number of aromatic nitrogens is 1. The van der Waals surface area contributed by atoms with Gasteiger partial charge in [-0.3, -0.25) is 0 Å². The Kier molecular flexibility index (Phi) is 8.40. The van der Waals surface area contributed by atoms with Gasteiger partial charge in [0.05, 0.1) is 17.7 Å². The Bertz CT molecular complexity index is 583. The first kappa shape index (κ1) is 18.9. The van der Waals surface area contributed by atoms with Gasteiger partial charge in [0.1, 0.15) is 0 Å². The third kappa shape index (κ3) is 5.57. The van der Waals surface area contributed by atoms with Gasteiger partial charge in [0.25, 0.3) is 0 Å². The van der Waals surface area contributed by atoms with E-state index in [0.29, 0.717) is 6.54 Å². The van der Waals surface area contributed by atoms with Gasteiger partial charge in [0.2, 0.25) is 0 Å². The van der Waals surface area contributed by atoms with Crippen molar-refractivity contribution >= 4 is 41.3 Å². The van der Waals surface area contributed by atoms with Crippen LogP contribution in [0.15, 0.2) is 40.8 Å². The summed E-state index contributed by atoms with van der Waals surface area (Å²) >= 11 is 1.66. The molecule has 0 amide bonds. The van der Waals surface area contributed by atoms with E-state index in [-0.39, 0.29) is 24.0 Å². The molecule has 2 aromatic rings. The molecule has 0 unspecified atom stereocenters. The smallest absolute Gasteiger partial charge is 0.194 e. The minimum atomic E-state index is 0. The minimum absolute atomic E-state index is 0. The molecule has 0 aliphatic carbocycles. The molecule has 0 radical (unpaired) electrons. The second-order valence-corrected chi connectivity index (χ2v) is 5.81. The molecule has 22 heavy (non-hydrogen) atoms. The van der Waals surface area contributed by atoms with Crippen molar-refractivity contribution in [1.82, 2.24) is 15.2 Å². The van der Waals surface area contributed by atoms with E-state index in [1.165, 1.54) is 10.4 Å². The van der Waals surface area contributed by atoms with E-state index in [1.54, 1.807) is 11.3 Å². The first-order valence-corrected chi connectivity index (χ1v) is 8.01. The molecule has 0 fully saturated rings. The fourth-order valence-corrected chi connectivity index (χ4v) is 2.73. The van der Waals surface area contributed by atoms with Crippen molar-refractivity contribution in [2.75, 3.05) is 13.6 Å². The SMILES string of the molecule is CCNC(=NCc1scnc1C)N(C)Cc1ccccc1.I. The molecule has 0 bridgehead atoms. The summed E-state index contributed by atoms with van der Waals surface area (Å²) in [5.74, 6) is 0.925. The molecule has 0 saturated carbocycles. The fourth-order valence-electron chi connectivity index (χ4n) is 2.03. The lowest BCUT2D eigenvalue weighted by Crippen LogP contribution is -2.38. The minimum Gasteiger partial charge on any atom is -0.357 e. The van der Waals surface area contributed by atoms with E-state index < -0.39 is 0 Å². The highest BCUT2D eigenvalue weighted by Crippen LogP contribution is 2.13. The molecule has 4 nitrogen and oxygen atoms in total. The molecular weight excluding hydrogens is 407 g/mol. The van der Waals surface area contributed by atoms with Crippen molar-refractivity contribution in [3.8, 4) is 0 Å². The van der Waals surface area contributed by atoms with Crippen LogP contribution in [0.1, 0.15) is 23.1 Å². The predicted molar refractivity (Wildman–Crippen MR) is 105 cm³/mol. The Labute approximate surface area is 153 Å². The van der Waals surface area contributed by atoms with Crippen molar-refractivity contribution in [3.05, 3.63) is 52.0 Å². The maximum atomic E-state index is 4.71. The van der Waals surface area contributed by atoms with E-state index >= 15 is 0 Å². The number of hydrogen-bond donors (Lipinski definition) is 1. The molecule has 0 aliphatic heterocycles. The number of halogens is 1. The van der Waals surface area contributed by atoms with E-state index in [0.717, 1.165) is 24.7 Å². The third-order valence-electron chi connectivity index (χ3n) is 3.18. The molecule has 1 aromatic heterocycles. The number of rotatable bonds is 5. The fraction of sp³-hybridized carbons (Fsp3) is 0.375. The van der Waals surface area contributed by atoms with Crippen LogP contribution >= 0.6 is 35.3 Å². The lowest BCUT2D eigenvalue weighted by Gasteiger charge is -2.22. The van der Waals surface area contributed by atoms with Gasteiger partial charge >= 0.3 is 0 Å². The number of benzene rings is 1. The lowest BCUT2D eigenvalue weighted by atomic mass is 10.2. The number of nitrogens with zero attached hydrogens (tertiary/aromatic N) is 3. The topological polar surface area (TPSA) is 40.5 Å². The molecule has 0 atom stereocenters. The second kappa shape index (κ2) is 9.78. The number of guanidine groups is 1. The maximum Gasteiger partial charge on any atom is 0.194 e. The molecule has 1 heterocycles. The van der Waals surface area contributed by atoms with Crippen molar-refractivity contribution in [1.29, 1.82) is 0 Å². The molecule has 0 saturated heterocycles. The van der Waals surface area contributed by atoms with Gasteiger partial charge in [0.15, 0.2) is 5.96 Å². The van der Waals surface area contributed by atoms with Crippen LogP contribution < -0.4 is 5.32 Å². The zero-order valence-corrected chi connectivity index (χ0v) is 16.4. The quantitative estimate of drug-likeness (QED) is 0.447. The molecule has 120 valence electrons. The first-order valence-electron chi connectivity index (χ1n) is 7.13. The van der Waals surface area contributed by atoms with E-state index in [1.807, 2.05) is 18.5 Å². The van der Waals surface area contributed by atoms with Gasteiger partial charge < -0.3 is 10.2 Å². The number of thiazole rings is 1. The van der Waals surface area contributed by atoms with E-state index in [4.69, 9.17) is 4.99 Å². The Morgan fingerprint density at radius 1 is 1.32 bits per heavy atom. The third-order valence-corrected chi connectivity index (χ3v) is 4.10. The van der Waals surface area contributed by atoms with E-state index in [9.17, 15) is 0 Å². The summed E-state index contributed by atoms with van der Waals surface area (Å²) in [7, 11) is 2.06. The molecule has 6 heteroatoms. The van der Waals surface area contributed by atoms with Crippen molar-refractivity contribution in [2.24, 2.45) is 4.99 Å². The van der Waals surface area contributed by atoms with Crippen LogP contribution in [0, 0.1) is 6.92 Å². The lowest BCUT2D eigenvalue weighted by molar-refractivity contribution is 0.477. The monoisotopic (exact) mass is 430 g/mol. The Balaban J connectivity index is 0.00000242. The molecular formula is C16H23IN4S. The highest BCUT2D eigenvalue weighted by Gasteiger charge is 2.07. The van der Waals surface area contributed by atoms with E-state index in [2.05, 4.69) is 53.4 Å². The zero-order chi connectivity index (χ0) is 15.1. The number of hydrogen-bond acceptors (Lipinski definition) is 3. The van der Waals surface area contributed by atoms with Crippen molar-refractivity contribution < 1.29 is 0 Å². The summed E-state index contributed by atoms with van der Waals surface area (Å²) in [6, 6.07) is 10.4. The molecule has 1 N–H and O–H groups in total. The molecule has 0 spiro atoms. The average Bonchev–Trinajstić information content (AvgIpc) is 2.90. The summed E-state index contributed by atoms with van der Waals surface area (Å²) in [6.45, 7) is 6.50. The van der Waals surface area contributed by atoms with Gasteiger partial charge in [0, 0.05) is 25.0 Å². The van der Waals surface area contributed by atoms with Gasteiger partial charge in [-0.05, 0) is 19.4 Å². The summed E-state index contributed by atoms with van der Waals surface area (Å²) < 4.78 is 0. The summed E-state index contributed by atoms with van der Waals surface area (Å²) in [5, 5.41) is 3.34. The Hall–Kier alpha value is -1.15. The predicted octanol–water partition coefficient (Wildman–Crippen LogP) is 3.67. The zero-order valence-electron chi connectivity index (χ0n) is 13.2. The highest BCUT2D eigenvalue weighted by atomic mass is 127. The molecule has 1 aromatic carbocycles. The van der Waals surface area contributed by atoms with Crippen LogP contribution in [-0.2, 0) is 13.1 Å². The number of nitrogens with one attached hydrogen (secondary N) is 1. The normalized spacial score (nSPS) is 11.0. The summed E-state index contributed by atoms with van der Waals surface area (Å²) in [4.78, 5) is 12.4. The van der Waals surface area contributed by atoms with Crippen LogP contribution in [0.2, 0.25) is 0 Å². The van der Waals surface area contributed by atoms with Crippen LogP contribution in [0.3, 0.4) is 0 Å². The largest absolute Gasteiger partial charge is 0.357 e. The number of aryl methyl sites for hydroxylation is 1. The highest BCUT2D eigenvalue weighted by molar-refractivity contribution is 14.0. The van der Waals surface area contributed by atoms with Gasteiger partial charge in [-0.2, -0.15) is 0 Å². The summed E-state index contributed by atoms with van der Waals surface area (Å²) in [6.07, 6.45) is 0. The van der Waals surface area contributed by atoms with Crippen molar-refractivity contribution in [3.63, 3.8) is 0 Å². The molecule has 0 aliphatic rings. The Morgan fingerprint density at radius 3 is 2.64 bits per heavy atom. The molecule has 2 rings (SSSR count). The summed E-state index contributed by atoms with van der Waals surface area (Å²) in [5.41, 5.74) is 4.23. The van der Waals surface area contributed by atoms with Gasteiger partial charge in [-0.25, -0.2) is 9.98 Å². The maximum absolute atomic E-state index is 4.71. The average molecular weight is 430 g/mol. The van der Waals surface area contributed by atoms with Crippen LogP contribution in [0.25, 0.3) is 0 Å². The van der Waals surface area contributed by atoms with Crippen LogP contribution in [-0.4, -0.2) is 29.4 Å². The number of aliphatic imine (C=N–C) groups is 1. The Morgan fingerprint density at radius 2 is 2.05 bits per heavy atom. The van der Waals surface area contributed by atoms with Crippen LogP contribution in [0.5, 0.6) is 0 Å². The second-order valence-electron chi connectivity index (χ2n) is 4.87. The van der Waals surface area contributed by atoms with Crippen molar-refractivity contribution in [2.45, 2.75) is 26.9 Å². The van der Waals surface area contributed by atoms with Crippen LogP contribution in [0.4, 0.5) is 0 Å². The first-order chi connectivity index (χ1) is 10.2. The standard InChI is InChI=1S/C16H22N4S.HI/c1-4-17-16(18-10-15-13(2)19-12-21-15)20(3)11-14-8-6-5-7-9-14;/h5-9,12H,4,10-11H2,1-3H3,(H,17,18);1H. The van der Waals surface area contributed by atoms with Gasteiger partial charge in [-0.15, -0.1) is 35.3 Å².